The average Bonchev–Trinajstić information content (AvgIpc) is 3.07. The first-order valence-electron chi connectivity index (χ1n) is 8.19. The Bertz CT molecular complexity index is 861. The fourth-order valence-corrected chi connectivity index (χ4v) is 3.00. The van der Waals surface area contributed by atoms with Gasteiger partial charge in [0.2, 0.25) is 5.91 Å². The quantitative estimate of drug-likeness (QED) is 0.840. The van der Waals surface area contributed by atoms with Gasteiger partial charge < -0.3 is 10.2 Å². The van der Waals surface area contributed by atoms with Gasteiger partial charge in [0.05, 0.1) is 0 Å². The maximum absolute atomic E-state index is 12.5. The molecule has 2 aromatic carbocycles. The summed E-state index contributed by atoms with van der Waals surface area (Å²) in [6, 6.07) is 12.6. The van der Waals surface area contributed by atoms with Gasteiger partial charge in [-0.3, -0.25) is 9.59 Å². The number of likely N-dealkylation sites (tertiary alicyclic amines) is 1. The van der Waals surface area contributed by atoms with Crippen molar-refractivity contribution >= 4 is 28.2 Å². The number of hydrogen-bond acceptors (Lipinski definition) is 3. The monoisotopic (exact) mass is 362 g/mol. The van der Waals surface area contributed by atoms with Crippen LogP contribution in [0.5, 0.6) is 0 Å². The summed E-state index contributed by atoms with van der Waals surface area (Å²) in [6.45, 7) is 0.428. The van der Waals surface area contributed by atoms with E-state index in [0.29, 0.717) is 31.1 Å². The zero-order valence-corrected chi connectivity index (χ0v) is 13.8. The lowest BCUT2D eigenvalue weighted by atomic mass is 10.1. The van der Waals surface area contributed by atoms with Crippen LogP contribution in [0.2, 0.25) is 0 Å². The highest BCUT2D eigenvalue weighted by Crippen LogP contribution is 2.23. The molecule has 0 saturated carbocycles. The fourth-order valence-electron chi connectivity index (χ4n) is 3.00. The second-order valence-electron chi connectivity index (χ2n) is 6.12. The van der Waals surface area contributed by atoms with Crippen LogP contribution >= 0.6 is 0 Å². The number of carbonyl (C=O) groups excluding carboxylic acids is 2. The Kier molecular flexibility index (Phi) is 4.97. The molecule has 1 N–H and O–H groups in total. The molecule has 1 aliphatic heterocycles. The van der Waals surface area contributed by atoms with Crippen LogP contribution in [0.4, 0.5) is 18.9 Å². The summed E-state index contributed by atoms with van der Waals surface area (Å²) in [5.41, 5.74) is 0.621. The molecule has 2 aromatic rings. The van der Waals surface area contributed by atoms with Gasteiger partial charge >= 0.3 is 6.18 Å². The number of alkyl halides is 3. The van der Waals surface area contributed by atoms with Crippen LogP contribution in [0.3, 0.4) is 0 Å². The molecule has 1 saturated heterocycles. The summed E-state index contributed by atoms with van der Waals surface area (Å²) in [5, 5.41) is 4.82. The van der Waals surface area contributed by atoms with Crippen LogP contribution in [0.15, 0.2) is 54.7 Å². The van der Waals surface area contributed by atoms with Crippen molar-refractivity contribution in [1.29, 1.82) is 0 Å². The van der Waals surface area contributed by atoms with E-state index in [4.69, 9.17) is 0 Å². The molecule has 0 spiro atoms. The Balaban J connectivity index is 1.69. The number of allylic oxidation sites excluding steroid dienone is 1. The van der Waals surface area contributed by atoms with E-state index in [9.17, 15) is 22.8 Å². The third-order valence-electron chi connectivity index (χ3n) is 4.31. The van der Waals surface area contributed by atoms with Gasteiger partial charge in [-0.2, -0.15) is 13.2 Å². The molecule has 3 rings (SSSR count). The van der Waals surface area contributed by atoms with E-state index in [-0.39, 0.29) is 5.91 Å². The third-order valence-corrected chi connectivity index (χ3v) is 4.31. The van der Waals surface area contributed by atoms with Crippen LogP contribution < -0.4 is 5.32 Å². The Hall–Kier alpha value is -2.83. The SMILES string of the molecule is O=C(Nc1ccc2ccccc2c1)C1CCCN1C=CC(=O)C(F)(F)F. The number of nitrogens with zero attached hydrogens (tertiary/aromatic N) is 1. The van der Waals surface area contributed by atoms with Gasteiger partial charge in [0.15, 0.2) is 0 Å². The van der Waals surface area contributed by atoms with Gasteiger partial charge in [-0.15, -0.1) is 0 Å². The highest BCUT2D eigenvalue weighted by atomic mass is 19.4. The van der Waals surface area contributed by atoms with Crippen LogP contribution in [0.25, 0.3) is 10.8 Å². The first-order valence-corrected chi connectivity index (χ1v) is 8.19. The van der Waals surface area contributed by atoms with Crippen LogP contribution in [0.1, 0.15) is 12.8 Å². The van der Waals surface area contributed by atoms with E-state index in [2.05, 4.69) is 5.32 Å². The van der Waals surface area contributed by atoms with Crippen molar-refractivity contribution < 1.29 is 22.8 Å². The standard InChI is InChI=1S/C19H17F3N2O2/c20-19(21,22)17(25)9-11-24-10-3-6-16(24)18(26)23-15-8-7-13-4-1-2-5-14(13)12-15/h1-2,4-5,7-9,11-12,16H,3,6,10H2,(H,23,26). The van der Waals surface area contributed by atoms with E-state index in [1.165, 1.54) is 4.90 Å². The van der Waals surface area contributed by atoms with Crippen molar-refractivity contribution in [3.05, 3.63) is 54.7 Å². The van der Waals surface area contributed by atoms with Gasteiger partial charge in [0.1, 0.15) is 6.04 Å². The molecule has 0 bridgehead atoms. The molecule has 1 atom stereocenters. The van der Waals surface area contributed by atoms with Gasteiger partial charge in [-0.1, -0.05) is 30.3 Å². The zero-order chi connectivity index (χ0) is 18.7. The predicted molar refractivity (Wildman–Crippen MR) is 92.5 cm³/mol. The molecule has 26 heavy (non-hydrogen) atoms. The largest absolute Gasteiger partial charge is 0.454 e. The Morgan fingerprint density at radius 1 is 1.12 bits per heavy atom. The van der Waals surface area contributed by atoms with Gasteiger partial charge in [-0.05, 0) is 35.7 Å². The number of anilines is 1. The van der Waals surface area contributed by atoms with E-state index in [1.54, 1.807) is 6.07 Å². The maximum Gasteiger partial charge on any atom is 0.454 e. The molecule has 0 aromatic heterocycles. The molecule has 1 heterocycles. The summed E-state index contributed by atoms with van der Waals surface area (Å²) in [6.07, 6.45) is -2.18. The number of rotatable bonds is 4. The van der Waals surface area contributed by atoms with E-state index in [0.717, 1.165) is 17.0 Å². The van der Waals surface area contributed by atoms with Crippen molar-refractivity contribution in [3.8, 4) is 0 Å². The number of ketones is 1. The molecule has 0 aliphatic carbocycles. The first kappa shape index (κ1) is 18.0. The van der Waals surface area contributed by atoms with E-state index < -0.39 is 18.0 Å². The van der Waals surface area contributed by atoms with Crippen LogP contribution in [0, 0.1) is 0 Å². The van der Waals surface area contributed by atoms with Crippen LogP contribution in [-0.4, -0.2) is 35.4 Å². The van der Waals surface area contributed by atoms with Crippen molar-refractivity contribution in [2.24, 2.45) is 0 Å². The normalized spacial score (nSPS) is 17.8. The van der Waals surface area contributed by atoms with Crippen molar-refractivity contribution in [1.82, 2.24) is 4.90 Å². The van der Waals surface area contributed by atoms with Crippen LogP contribution in [-0.2, 0) is 9.59 Å². The lowest BCUT2D eigenvalue weighted by Gasteiger charge is -2.22. The van der Waals surface area contributed by atoms with Crippen molar-refractivity contribution in [2.45, 2.75) is 25.1 Å². The fraction of sp³-hybridized carbons (Fsp3) is 0.263. The van der Waals surface area contributed by atoms with Gasteiger partial charge in [-0.25, -0.2) is 0 Å². The molecule has 1 aliphatic rings. The summed E-state index contributed by atoms with van der Waals surface area (Å²) < 4.78 is 36.9. The molecule has 1 amide bonds. The molecule has 0 radical (unpaired) electrons. The molecular formula is C19H17F3N2O2. The highest BCUT2D eigenvalue weighted by molar-refractivity contribution is 5.98. The number of benzene rings is 2. The number of nitrogens with one attached hydrogen (secondary N) is 1. The second-order valence-corrected chi connectivity index (χ2v) is 6.12. The summed E-state index contributed by atoms with van der Waals surface area (Å²) >= 11 is 0. The van der Waals surface area contributed by atoms with E-state index >= 15 is 0 Å². The minimum absolute atomic E-state index is 0.304. The van der Waals surface area contributed by atoms with E-state index in [1.807, 2.05) is 36.4 Å². The zero-order valence-electron chi connectivity index (χ0n) is 13.8. The number of hydrogen-bond donors (Lipinski definition) is 1. The molecule has 136 valence electrons. The number of amides is 1. The lowest BCUT2D eigenvalue weighted by Crippen LogP contribution is -2.36. The van der Waals surface area contributed by atoms with Crippen molar-refractivity contribution in [3.63, 3.8) is 0 Å². The number of carbonyl (C=O) groups is 2. The Morgan fingerprint density at radius 2 is 1.85 bits per heavy atom. The smallest absolute Gasteiger partial charge is 0.365 e. The highest BCUT2D eigenvalue weighted by Gasteiger charge is 2.37. The number of fused-ring (bicyclic) bond motifs is 1. The second kappa shape index (κ2) is 7.19. The summed E-state index contributed by atoms with van der Waals surface area (Å²) in [4.78, 5) is 25.0. The lowest BCUT2D eigenvalue weighted by molar-refractivity contribution is -0.165. The minimum Gasteiger partial charge on any atom is -0.365 e. The third kappa shape index (κ3) is 4.04. The molecular weight excluding hydrogens is 345 g/mol. The molecule has 1 unspecified atom stereocenters. The minimum atomic E-state index is -4.90. The molecule has 7 heteroatoms. The summed E-state index contributed by atoms with van der Waals surface area (Å²) in [7, 11) is 0. The summed E-state index contributed by atoms with van der Waals surface area (Å²) in [5.74, 6) is -2.24. The van der Waals surface area contributed by atoms with Gasteiger partial charge in [0, 0.05) is 24.5 Å². The Morgan fingerprint density at radius 3 is 2.58 bits per heavy atom. The Labute approximate surface area is 148 Å². The maximum atomic E-state index is 12.5. The van der Waals surface area contributed by atoms with Crippen molar-refractivity contribution in [2.75, 3.05) is 11.9 Å². The predicted octanol–water partition coefficient (Wildman–Crippen LogP) is 3.89. The topological polar surface area (TPSA) is 49.4 Å². The first-order chi connectivity index (χ1) is 12.3. The van der Waals surface area contributed by atoms with Gasteiger partial charge in [0.25, 0.3) is 5.78 Å². The molecule has 1 fully saturated rings. The number of halogens is 3. The molecule has 4 nitrogen and oxygen atoms in total. The average molecular weight is 362 g/mol.